The molecule has 114 valence electrons. The molecule has 4 aromatic rings. The lowest BCUT2D eigenvalue weighted by Crippen LogP contribution is -2.33. The summed E-state index contributed by atoms with van der Waals surface area (Å²) in [5.74, 6) is -0.114. The molecule has 1 aromatic carbocycles. The highest BCUT2D eigenvalue weighted by Gasteiger charge is 2.16. The Balaban J connectivity index is 1.76. The van der Waals surface area contributed by atoms with E-state index in [1.165, 1.54) is 4.52 Å². The monoisotopic (exact) mass is 311 g/mol. The minimum absolute atomic E-state index is 0.126. The number of nitrogens with zero attached hydrogens (tertiary/aromatic N) is 5. The van der Waals surface area contributed by atoms with Crippen molar-refractivity contribution in [2.75, 3.05) is 0 Å². The van der Waals surface area contributed by atoms with Crippen LogP contribution in [0, 0.1) is 11.0 Å². The van der Waals surface area contributed by atoms with E-state index in [-0.39, 0.29) is 11.2 Å². The molecule has 3 aromatic heterocycles. The first-order valence-corrected chi connectivity index (χ1v) is 6.81. The lowest BCUT2D eigenvalue weighted by atomic mass is 10.2. The minimum atomic E-state index is -0.653. The largest absolute Gasteiger partial charge is 0.594 e. The van der Waals surface area contributed by atoms with Crippen molar-refractivity contribution in [3.8, 4) is 5.75 Å². The lowest BCUT2D eigenvalue weighted by Gasteiger charge is -2.07. The number of fused-ring (bicyclic) bond motifs is 3. The molecule has 0 saturated carbocycles. The van der Waals surface area contributed by atoms with Crippen molar-refractivity contribution in [1.82, 2.24) is 19.7 Å². The Bertz CT molecular complexity index is 1000. The Morgan fingerprint density at radius 2 is 2.04 bits per heavy atom. The predicted octanol–water partition coefficient (Wildman–Crippen LogP) is 1.63. The third kappa shape index (κ3) is 2.30. The van der Waals surface area contributed by atoms with Crippen LogP contribution in [0.4, 0.5) is 4.39 Å². The molecule has 0 N–H and O–H groups in total. The van der Waals surface area contributed by atoms with Crippen LogP contribution in [0.5, 0.6) is 5.75 Å². The maximum atomic E-state index is 13.6. The average molecular weight is 311 g/mol. The van der Waals surface area contributed by atoms with Gasteiger partial charge in [0.1, 0.15) is 17.9 Å². The molecular formula is C15H10FN5O2. The molecule has 0 fully saturated rings. The number of hydrogen-bond donors (Lipinski definition) is 0. The Morgan fingerprint density at radius 1 is 1.22 bits per heavy atom. The second-order valence-electron chi connectivity index (χ2n) is 4.90. The van der Waals surface area contributed by atoms with Crippen LogP contribution in [-0.4, -0.2) is 19.7 Å². The van der Waals surface area contributed by atoms with Crippen LogP contribution in [-0.2, 0) is 6.61 Å². The molecule has 0 unspecified atom stereocenters. The topological polar surface area (TPSA) is 79.2 Å². The first-order chi connectivity index (χ1) is 11.2. The standard InChI is InChI=1S/C15H10FN5O2/c16-12-8-18-20-14-7-11(23-9-10-3-5-17-6-4-10)1-2-13(14)21(22)19-15(12)20/h1-8H,9H2. The third-order valence-electron chi connectivity index (χ3n) is 3.42. The second kappa shape index (κ2) is 5.16. The highest BCUT2D eigenvalue weighted by molar-refractivity contribution is 5.75. The van der Waals surface area contributed by atoms with Crippen LogP contribution in [0.15, 0.2) is 48.9 Å². The molecule has 23 heavy (non-hydrogen) atoms. The van der Waals surface area contributed by atoms with Gasteiger partial charge in [0.25, 0.3) is 11.2 Å². The van der Waals surface area contributed by atoms with E-state index in [0.717, 1.165) is 11.8 Å². The number of pyridine rings is 1. The van der Waals surface area contributed by atoms with Gasteiger partial charge in [-0.2, -0.15) is 5.10 Å². The Hall–Kier alpha value is -3.29. The molecule has 0 aliphatic carbocycles. The van der Waals surface area contributed by atoms with E-state index in [0.29, 0.717) is 22.7 Å². The zero-order chi connectivity index (χ0) is 15.8. The van der Waals surface area contributed by atoms with Crippen molar-refractivity contribution >= 4 is 16.7 Å². The van der Waals surface area contributed by atoms with Crippen molar-refractivity contribution in [2.45, 2.75) is 6.61 Å². The summed E-state index contributed by atoms with van der Waals surface area (Å²) in [5, 5.41) is 19.4. The molecule has 0 saturated heterocycles. The molecule has 0 bridgehead atoms. The van der Waals surface area contributed by atoms with E-state index in [4.69, 9.17) is 4.74 Å². The van der Waals surface area contributed by atoms with Crippen molar-refractivity contribution in [1.29, 1.82) is 0 Å². The van der Waals surface area contributed by atoms with Gasteiger partial charge in [0, 0.05) is 29.6 Å². The van der Waals surface area contributed by atoms with Crippen LogP contribution in [0.25, 0.3) is 16.7 Å². The third-order valence-corrected chi connectivity index (χ3v) is 3.42. The number of aromatic nitrogens is 5. The summed E-state index contributed by atoms with van der Waals surface area (Å²) in [4.78, 5) is 4.32. The maximum Gasteiger partial charge on any atom is 0.270 e. The number of hydrogen-bond acceptors (Lipinski definition) is 5. The van der Waals surface area contributed by atoms with Crippen LogP contribution in [0.2, 0.25) is 0 Å². The molecule has 0 radical (unpaired) electrons. The zero-order valence-electron chi connectivity index (χ0n) is 11.8. The van der Waals surface area contributed by atoms with Gasteiger partial charge >= 0.3 is 0 Å². The van der Waals surface area contributed by atoms with E-state index in [1.807, 2.05) is 12.1 Å². The van der Waals surface area contributed by atoms with E-state index < -0.39 is 5.82 Å². The molecule has 3 heterocycles. The zero-order valence-corrected chi connectivity index (χ0v) is 11.8. The van der Waals surface area contributed by atoms with Gasteiger partial charge in [0.2, 0.25) is 0 Å². The molecule has 0 atom stereocenters. The van der Waals surface area contributed by atoms with Crippen molar-refractivity contribution in [2.24, 2.45) is 0 Å². The first kappa shape index (κ1) is 13.4. The molecule has 8 heteroatoms. The van der Waals surface area contributed by atoms with Crippen molar-refractivity contribution < 1.29 is 14.0 Å². The van der Waals surface area contributed by atoms with Crippen LogP contribution in [0.1, 0.15) is 5.56 Å². The number of rotatable bonds is 3. The van der Waals surface area contributed by atoms with Crippen molar-refractivity contribution in [3.05, 3.63) is 65.5 Å². The molecule has 0 amide bonds. The van der Waals surface area contributed by atoms with E-state index in [1.54, 1.807) is 30.6 Å². The van der Waals surface area contributed by atoms with Gasteiger partial charge in [-0.05, 0) is 28.6 Å². The molecule has 0 spiro atoms. The highest BCUT2D eigenvalue weighted by Crippen LogP contribution is 2.20. The maximum absolute atomic E-state index is 13.6. The van der Waals surface area contributed by atoms with Crippen molar-refractivity contribution in [3.63, 3.8) is 0 Å². The number of benzene rings is 1. The van der Waals surface area contributed by atoms with Gasteiger partial charge in [-0.1, -0.05) is 0 Å². The quantitative estimate of drug-likeness (QED) is 0.424. The molecule has 0 aliphatic heterocycles. The number of halogens is 1. The fourth-order valence-corrected chi connectivity index (χ4v) is 2.30. The Kier molecular flexibility index (Phi) is 3.00. The summed E-state index contributed by atoms with van der Waals surface area (Å²) in [6, 6.07) is 8.54. The summed E-state index contributed by atoms with van der Waals surface area (Å²) >= 11 is 0. The molecule has 0 aliphatic rings. The van der Waals surface area contributed by atoms with Gasteiger partial charge < -0.3 is 9.94 Å². The fourth-order valence-electron chi connectivity index (χ4n) is 2.30. The lowest BCUT2D eigenvalue weighted by molar-refractivity contribution is -0.640. The van der Waals surface area contributed by atoms with Crippen LogP contribution in [0.3, 0.4) is 0 Å². The molecular weight excluding hydrogens is 301 g/mol. The minimum Gasteiger partial charge on any atom is -0.594 e. The van der Waals surface area contributed by atoms with Gasteiger partial charge in [0.05, 0.1) is 6.20 Å². The smallest absolute Gasteiger partial charge is 0.270 e. The normalized spacial score (nSPS) is 11.2. The Labute approximate surface area is 129 Å². The average Bonchev–Trinajstić information content (AvgIpc) is 2.95. The predicted molar refractivity (Wildman–Crippen MR) is 78.0 cm³/mol. The summed E-state index contributed by atoms with van der Waals surface area (Å²) < 4.78 is 20.6. The van der Waals surface area contributed by atoms with E-state index >= 15 is 0 Å². The van der Waals surface area contributed by atoms with Gasteiger partial charge in [0.15, 0.2) is 5.82 Å². The summed E-state index contributed by atoms with van der Waals surface area (Å²) in [5.41, 5.74) is 1.53. The Morgan fingerprint density at radius 3 is 2.87 bits per heavy atom. The number of ether oxygens (including phenoxy) is 1. The summed E-state index contributed by atoms with van der Waals surface area (Å²) in [6.45, 7) is 0.354. The van der Waals surface area contributed by atoms with Gasteiger partial charge in [-0.25, -0.2) is 8.91 Å². The van der Waals surface area contributed by atoms with Crippen LogP contribution < -0.4 is 9.58 Å². The second-order valence-corrected chi connectivity index (χ2v) is 4.90. The highest BCUT2D eigenvalue weighted by atomic mass is 19.1. The molecule has 4 rings (SSSR count). The summed E-state index contributed by atoms with van der Waals surface area (Å²) in [7, 11) is 0. The van der Waals surface area contributed by atoms with Gasteiger partial charge in [-0.3, -0.25) is 4.98 Å². The molecule has 7 nitrogen and oxygen atoms in total. The van der Waals surface area contributed by atoms with E-state index in [9.17, 15) is 9.60 Å². The van der Waals surface area contributed by atoms with Crippen LogP contribution >= 0.6 is 0 Å². The van der Waals surface area contributed by atoms with E-state index in [2.05, 4.69) is 15.2 Å². The first-order valence-electron chi connectivity index (χ1n) is 6.81. The fraction of sp³-hybridized carbons (Fsp3) is 0.0667. The SMILES string of the molecule is [O-][n+]1nc2c(F)cnn2c2cc(OCc3ccncc3)ccc21. The van der Waals surface area contributed by atoms with Gasteiger partial charge in [-0.15, -0.1) is 0 Å². The summed E-state index contributed by atoms with van der Waals surface area (Å²) in [6.07, 6.45) is 4.38.